The summed E-state index contributed by atoms with van der Waals surface area (Å²) in [5.41, 5.74) is 0. The van der Waals surface area contributed by atoms with Crippen LogP contribution < -0.4 is 4.74 Å². The summed E-state index contributed by atoms with van der Waals surface area (Å²) in [7, 11) is 0. The van der Waals surface area contributed by atoms with Crippen molar-refractivity contribution >= 4 is 15.9 Å². The molecule has 0 aliphatic carbocycles. The van der Waals surface area contributed by atoms with Gasteiger partial charge in [0.05, 0.1) is 6.10 Å². The van der Waals surface area contributed by atoms with Crippen molar-refractivity contribution in [3.8, 4) is 5.75 Å². The van der Waals surface area contributed by atoms with Crippen LogP contribution in [0.25, 0.3) is 0 Å². The Balaban J connectivity index is 2.76. The summed E-state index contributed by atoms with van der Waals surface area (Å²) in [5, 5.41) is 0. The van der Waals surface area contributed by atoms with Crippen LogP contribution in [0.5, 0.6) is 5.75 Å². The SMILES string of the molecule is CC(C)C(C)Oc1cc(F)cc(Br)c1. The smallest absolute Gasteiger partial charge is 0.128 e. The van der Waals surface area contributed by atoms with Gasteiger partial charge in [0.2, 0.25) is 0 Å². The van der Waals surface area contributed by atoms with Crippen molar-refractivity contribution in [2.75, 3.05) is 0 Å². The molecule has 0 aromatic heterocycles. The Hall–Kier alpha value is -0.570. The molecule has 1 aromatic rings. The van der Waals surface area contributed by atoms with Crippen molar-refractivity contribution in [2.45, 2.75) is 26.9 Å². The first kappa shape index (κ1) is 11.5. The molecule has 0 fully saturated rings. The van der Waals surface area contributed by atoms with Crippen LogP contribution in [0.4, 0.5) is 4.39 Å². The maximum Gasteiger partial charge on any atom is 0.128 e. The number of halogens is 2. The molecule has 1 nitrogen and oxygen atoms in total. The largest absolute Gasteiger partial charge is 0.490 e. The molecule has 0 radical (unpaired) electrons. The molecule has 0 spiro atoms. The van der Waals surface area contributed by atoms with Gasteiger partial charge in [-0.1, -0.05) is 29.8 Å². The van der Waals surface area contributed by atoms with Gasteiger partial charge in [0.1, 0.15) is 11.6 Å². The third-order valence-electron chi connectivity index (χ3n) is 2.10. The van der Waals surface area contributed by atoms with E-state index in [-0.39, 0.29) is 11.9 Å². The average molecular weight is 261 g/mol. The highest BCUT2D eigenvalue weighted by Gasteiger charge is 2.09. The quantitative estimate of drug-likeness (QED) is 0.798. The highest BCUT2D eigenvalue weighted by Crippen LogP contribution is 2.22. The molecule has 1 unspecified atom stereocenters. The summed E-state index contributed by atoms with van der Waals surface area (Å²) >= 11 is 3.22. The van der Waals surface area contributed by atoms with Gasteiger partial charge in [-0.15, -0.1) is 0 Å². The first-order valence-corrected chi connectivity index (χ1v) is 5.41. The highest BCUT2D eigenvalue weighted by molar-refractivity contribution is 9.10. The molecular formula is C11H14BrFO. The van der Waals surface area contributed by atoms with E-state index in [4.69, 9.17) is 4.74 Å². The van der Waals surface area contributed by atoms with Crippen molar-refractivity contribution in [3.63, 3.8) is 0 Å². The van der Waals surface area contributed by atoms with Gasteiger partial charge in [-0.05, 0) is 25.0 Å². The molecule has 78 valence electrons. The fraction of sp³-hybridized carbons (Fsp3) is 0.455. The van der Waals surface area contributed by atoms with Crippen LogP contribution in [0.2, 0.25) is 0 Å². The summed E-state index contributed by atoms with van der Waals surface area (Å²) in [6, 6.07) is 4.57. The molecule has 0 aliphatic heterocycles. The van der Waals surface area contributed by atoms with Crippen molar-refractivity contribution in [3.05, 3.63) is 28.5 Å². The molecule has 3 heteroatoms. The molecule has 0 N–H and O–H groups in total. The van der Waals surface area contributed by atoms with Crippen molar-refractivity contribution < 1.29 is 9.13 Å². The summed E-state index contributed by atoms with van der Waals surface area (Å²) in [6.07, 6.45) is 0.0868. The van der Waals surface area contributed by atoms with Gasteiger partial charge in [-0.3, -0.25) is 0 Å². The second-order valence-electron chi connectivity index (χ2n) is 3.67. The van der Waals surface area contributed by atoms with E-state index in [2.05, 4.69) is 29.8 Å². The second-order valence-corrected chi connectivity index (χ2v) is 4.59. The number of hydrogen-bond donors (Lipinski definition) is 0. The molecular weight excluding hydrogens is 247 g/mol. The Morgan fingerprint density at radius 1 is 1.21 bits per heavy atom. The third kappa shape index (κ3) is 3.29. The highest BCUT2D eigenvalue weighted by atomic mass is 79.9. The molecule has 0 bridgehead atoms. The Bertz CT molecular complexity index is 292. The fourth-order valence-corrected chi connectivity index (χ4v) is 1.39. The topological polar surface area (TPSA) is 9.23 Å². The lowest BCUT2D eigenvalue weighted by atomic mass is 10.1. The Kier molecular flexibility index (Phi) is 3.93. The second kappa shape index (κ2) is 4.78. The van der Waals surface area contributed by atoms with Crippen molar-refractivity contribution in [1.82, 2.24) is 0 Å². The summed E-state index contributed by atoms with van der Waals surface area (Å²) in [6.45, 7) is 6.11. The predicted octanol–water partition coefficient (Wildman–Crippen LogP) is 4.01. The Morgan fingerprint density at radius 2 is 1.86 bits per heavy atom. The lowest BCUT2D eigenvalue weighted by molar-refractivity contribution is 0.170. The zero-order valence-corrected chi connectivity index (χ0v) is 10.1. The Labute approximate surface area is 92.4 Å². The minimum atomic E-state index is -0.287. The first-order valence-electron chi connectivity index (χ1n) is 4.62. The van der Waals surface area contributed by atoms with E-state index < -0.39 is 0 Å². The molecule has 0 amide bonds. The first-order chi connectivity index (χ1) is 6.49. The molecule has 1 rings (SSSR count). The minimum Gasteiger partial charge on any atom is -0.490 e. The van der Waals surface area contributed by atoms with Crippen molar-refractivity contribution in [2.24, 2.45) is 5.92 Å². The maximum atomic E-state index is 13.0. The monoisotopic (exact) mass is 260 g/mol. The van der Waals surface area contributed by atoms with Crippen LogP contribution in [0, 0.1) is 11.7 Å². The molecule has 1 aromatic carbocycles. The van der Waals surface area contributed by atoms with Crippen LogP contribution in [0.15, 0.2) is 22.7 Å². The van der Waals surface area contributed by atoms with Gasteiger partial charge in [0.15, 0.2) is 0 Å². The summed E-state index contributed by atoms with van der Waals surface area (Å²) in [5.74, 6) is 0.695. The third-order valence-corrected chi connectivity index (χ3v) is 2.55. The van der Waals surface area contributed by atoms with E-state index in [9.17, 15) is 4.39 Å². The van der Waals surface area contributed by atoms with Gasteiger partial charge in [-0.2, -0.15) is 0 Å². The van der Waals surface area contributed by atoms with Gasteiger partial charge in [0, 0.05) is 10.5 Å². The van der Waals surface area contributed by atoms with E-state index in [1.54, 1.807) is 6.07 Å². The van der Waals surface area contributed by atoms with Gasteiger partial charge < -0.3 is 4.74 Å². The standard InChI is InChI=1S/C11H14BrFO/c1-7(2)8(3)14-11-5-9(12)4-10(13)6-11/h4-8H,1-3H3. The normalized spacial score (nSPS) is 13.0. The fourth-order valence-electron chi connectivity index (χ4n) is 0.947. The van der Waals surface area contributed by atoms with Crippen molar-refractivity contribution in [1.29, 1.82) is 0 Å². The van der Waals surface area contributed by atoms with E-state index >= 15 is 0 Å². The lowest BCUT2D eigenvalue weighted by Gasteiger charge is -2.18. The average Bonchev–Trinajstić information content (AvgIpc) is 2.01. The van der Waals surface area contributed by atoms with E-state index in [0.717, 1.165) is 0 Å². The number of benzene rings is 1. The van der Waals surface area contributed by atoms with Gasteiger partial charge in [0.25, 0.3) is 0 Å². The molecule has 0 heterocycles. The van der Waals surface area contributed by atoms with Crippen LogP contribution in [-0.2, 0) is 0 Å². The molecule has 0 saturated carbocycles. The maximum absolute atomic E-state index is 13.0. The summed E-state index contributed by atoms with van der Waals surface area (Å²) in [4.78, 5) is 0. The van der Waals surface area contributed by atoms with Crippen LogP contribution in [0.1, 0.15) is 20.8 Å². The zero-order chi connectivity index (χ0) is 10.7. The van der Waals surface area contributed by atoms with E-state index in [0.29, 0.717) is 16.1 Å². The summed E-state index contributed by atoms with van der Waals surface area (Å²) < 4.78 is 19.2. The molecule has 0 saturated heterocycles. The Morgan fingerprint density at radius 3 is 2.36 bits per heavy atom. The van der Waals surface area contributed by atoms with E-state index in [1.165, 1.54) is 12.1 Å². The number of hydrogen-bond acceptors (Lipinski definition) is 1. The molecule has 0 aliphatic rings. The zero-order valence-electron chi connectivity index (χ0n) is 8.55. The van der Waals surface area contributed by atoms with Crippen LogP contribution >= 0.6 is 15.9 Å². The minimum absolute atomic E-state index is 0.0868. The molecule has 14 heavy (non-hydrogen) atoms. The molecule has 1 atom stereocenters. The van der Waals surface area contributed by atoms with Crippen LogP contribution in [0.3, 0.4) is 0 Å². The van der Waals surface area contributed by atoms with Gasteiger partial charge >= 0.3 is 0 Å². The predicted molar refractivity (Wildman–Crippen MR) is 59.0 cm³/mol. The number of rotatable bonds is 3. The van der Waals surface area contributed by atoms with E-state index in [1.807, 2.05) is 6.92 Å². The van der Waals surface area contributed by atoms with Gasteiger partial charge in [-0.25, -0.2) is 4.39 Å². The number of ether oxygens (including phenoxy) is 1. The lowest BCUT2D eigenvalue weighted by Crippen LogP contribution is -2.18. The van der Waals surface area contributed by atoms with Crippen LogP contribution in [-0.4, -0.2) is 6.10 Å².